The third-order valence-corrected chi connectivity index (χ3v) is 5.39. The van der Waals surface area contributed by atoms with E-state index in [2.05, 4.69) is 20.8 Å². The molecule has 3 rings (SSSR count). The molecule has 1 fully saturated rings. The average molecular weight is 450 g/mol. The summed E-state index contributed by atoms with van der Waals surface area (Å²) in [5.74, 6) is 0.657. The van der Waals surface area contributed by atoms with Gasteiger partial charge in [0.05, 0.1) is 18.8 Å². The maximum atomic E-state index is 13.9. The van der Waals surface area contributed by atoms with Gasteiger partial charge in [0.2, 0.25) is 5.91 Å². The number of ether oxygens (including phenoxy) is 1. The summed E-state index contributed by atoms with van der Waals surface area (Å²) < 4.78 is 20.6. The van der Waals surface area contributed by atoms with Crippen LogP contribution in [0.2, 0.25) is 0 Å². The van der Waals surface area contributed by atoms with E-state index in [0.717, 1.165) is 23.3 Å². The first-order valence-electron chi connectivity index (χ1n) is 9.37. The lowest BCUT2D eigenvalue weighted by atomic mass is 10.2. The van der Waals surface area contributed by atoms with Crippen molar-refractivity contribution in [3.8, 4) is 5.75 Å². The molecule has 1 heterocycles. The van der Waals surface area contributed by atoms with Crippen LogP contribution in [0.15, 0.2) is 53.0 Å². The van der Waals surface area contributed by atoms with Gasteiger partial charge in [0.1, 0.15) is 18.2 Å². The van der Waals surface area contributed by atoms with Crippen LogP contribution < -0.4 is 9.64 Å². The Hall–Kier alpha value is -2.12. The Balaban J connectivity index is 1.39. The van der Waals surface area contributed by atoms with Gasteiger partial charge < -0.3 is 14.5 Å². The van der Waals surface area contributed by atoms with Crippen LogP contribution in [0.25, 0.3) is 0 Å². The van der Waals surface area contributed by atoms with E-state index < -0.39 is 0 Å². The van der Waals surface area contributed by atoms with Gasteiger partial charge >= 0.3 is 0 Å². The summed E-state index contributed by atoms with van der Waals surface area (Å²) in [6.45, 7) is 4.26. The molecule has 0 radical (unpaired) electrons. The predicted octanol–water partition coefficient (Wildman–Crippen LogP) is 3.25. The first kappa shape index (κ1) is 20.6. The number of piperazine rings is 1. The van der Waals surface area contributed by atoms with Gasteiger partial charge in [-0.15, -0.1) is 0 Å². The van der Waals surface area contributed by atoms with Gasteiger partial charge in [-0.1, -0.05) is 28.1 Å². The normalized spacial score (nSPS) is 14.8. The van der Waals surface area contributed by atoms with E-state index in [1.54, 1.807) is 24.1 Å². The molecule has 2 aromatic rings. The van der Waals surface area contributed by atoms with Crippen molar-refractivity contribution in [2.45, 2.75) is 0 Å². The van der Waals surface area contributed by atoms with Gasteiger partial charge in [-0.3, -0.25) is 9.69 Å². The van der Waals surface area contributed by atoms with Crippen LogP contribution in [0.4, 0.5) is 10.1 Å². The Labute approximate surface area is 173 Å². The molecule has 0 bridgehead atoms. The molecule has 5 nitrogen and oxygen atoms in total. The third kappa shape index (κ3) is 5.69. The van der Waals surface area contributed by atoms with E-state index in [9.17, 15) is 9.18 Å². The van der Waals surface area contributed by atoms with E-state index in [4.69, 9.17) is 4.74 Å². The number of hydrogen-bond acceptors (Lipinski definition) is 4. The molecule has 1 saturated heterocycles. The lowest BCUT2D eigenvalue weighted by Gasteiger charge is -2.36. The minimum Gasteiger partial charge on any atom is -0.492 e. The van der Waals surface area contributed by atoms with Crippen LogP contribution in [-0.4, -0.2) is 68.6 Å². The van der Waals surface area contributed by atoms with Crippen molar-refractivity contribution in [2.24, 2.45) is 0 Å². The Morgan fingerprint density at radius 3 is 2.46 bits per heavy atom. The first-order chi connectivity index (χ1) is 13.5. The molecule has 1 aliphatic rings. The highest BCUT2D eigenvalue weighted by Crippen LogP contribution is 2.20. The number of amides is 1. The number of hydrogen-bond donors (Lipinski definition) is 0. The quantitative estimate of drug-likeness (QED) is 0.649. The second-order valence-corrected chi connectivity index (χ2v) is 7.75. The van der Waals surface area contributed by atoms with Gasteiger partial charge in [-0.25, -0.2) is 4.39 Å². The Morgan fingerprint density at radius 2 is 1.79 bits per heavy atom. The number of nitrogens with zero attached hydrogens (tertiary/aromatic N) is 3. The molecule has 0 spiro atoms. The zero-order chi connectivity index (χ0) is 19.9. The second kappa shape index (κ2) is 9.89. The van der Waals surface area contributed by atoms with Gasteiger partial charge in [0.25, 0.3) is 0 Å². The van der Waals surface area contributed by atoms with Crippen molar-refractivity contribution in [3.63, 3.8) is 0 Å². The molecular formula is C21H25BrFN3O2. The molecular weight excluding hydrogens is 425 g/mol. The zero-order valence-electron chi connectivity index (χ0n) is 16.0. The molecule has 0 aromatic heterocycles. The SMILES string of the molecule is CN(CCOc1ccc(Br)cc1)C(=O)CN1CCN(c2ccccc2F)CC1. The lowest BCUT2D eigenvalue weighted by molar-refractivity contribution is -0.131. The number of anilines is 1. The van der Waals surface area contributed by atoms with Crippen LogP contribution in [0.3, 0.4) is 0 Å². The van der Waals surface area contributed by atoms with Crippen LogP contribution >= 0.6 is 15.9 Å². The standard InChI is InChI=1S/C21H25BrFN3O2/c1-24(14-15-28-18-8-6-17(22)7-9-18)21(27)16-25-10-12-26(13-11-25)20-5-3-2-4-19(20)23/h2-9H,10-16H2,1H3. The van der Waals surface area contributed by atoms with Crippen molar-refractivity contribution in [1.82, 2.24) is 9.80 Å². The van der Waals surface area contributed by atoms with Crippen molar-refractivity contribution >= 4 is 27.5 Å². The molecule has 0 atom stereocenters. The number of halogens is 2. The monoisotopic (exact) mass is 449 g/mol. The van der Waals surface area contributed by atoms with Gasteiger partial charge in [-0.2, -0.15) is 0 Å². The van der Waals surface area contributed by atoms with Crippen LogP contribution in [-0.2, 0) is 4.79 Å². The van der Waals surface area contributed by atoms with Crippen LogP contribution in [0.1, 0.15) is 0 Å². The first-order valence-corrected chi connectivity index (χ1v) is 10.2. The summed E-state index contributed by atoms with van der Waals surface area (Å²) in [6.07, 6.45) is 0. The predicted molar refractivity (Wildman–Crippen MR) is 112 cm³/mol. The van der Waals surface area contributed by atoms with E-state index in [1.165, 1.54) is 6.07 Å². The van der Waals surface area contributed by atoms with E-state index in [0.29, 0.717) is 38.5 Å². The minimum absolute atomic E-state index is 0.0683. The fourth-order valence-corrected chi connectivity index (χ4v) is 3.39. The number of benzene rings is 2. The summed E-state index contributed by atoms with van der Waals surface area (Å²) in [7, 11) is 1.79. The molecule has 1 aliphatic heterocycles. The number of likely N-dealkylation sites (N-methyl/N-ethyl adjacent to an activating group) is 1. The van der Waals surface area contributed by atoms with Crippen molar-refractivity contribution in [3.05, 3.63) is 58.8 Å². The fraction of sp³-hybridized carbons (Fsp3) is 0.381. The zero-order valence-corrected chi connectivity index (χ0v) is 17.6. The maximum absolute atomic E-state index is 13.9. The molecule has 28 heavy (non-hydrogen) atoms. The topological polar surface area (TPSA) is 36.0 Å². The van der Waals surface area contributed by atoms with Crippen LogP contribution in [0, 0.1) is 5.82 Å². The molecule has 0 unspecified atom stereocenters. The lowest BCUT2D eigenvalue weighted by Crippen LogP contribution is -2.50. The number of rotatable bonds is 7. The Bertz CT molecular complexity index is 779. The highest BCUT2D eigenvalue weighted by molar-refractivity contribution is 9.10. The second-order valence-electron chi connectivity index (χ2n) is 6.83. The maximum Gasteiger partial charge on any atom is 0.236 e. The van der Waals surface area contributed by atoms with E-state index in [1.807, 2.05) is 35.2 Å². The molecule has 2 aromatic carbocycles. The van der Waals surface area contributed by atoms with Gasteiger partial charge in [0, 0.05) is 37.7 Å². The molecule has 0 saturated carbocycles. The van der Waals surface area contributed by atoms with Crippen molar-refractivity contribution in [1.29, 1.82) is 0 Å². The van der Waals surface area contributed by atoms with E-state index >= 15 is 0 Å². The summed E-state index contributed by atoms with van der Waals surface area (Å²) >= 11 is 3.39. The Morgan fingerprint density at radius 1 is 1.11 bits per heavy atom. The van der Waals surface area contributed by atoms with Crippen LogP contribution in [0.5, 0.6) is 5.75 Å². The van der Waals surface area contributed by atoms with Crippen molar-refractivity contribution < 1.29 is 13.9 Å². The van der Waals surface area contributed by atoms with Crippen molar-refractivity contribution in [2.75, 3.05) is 57.8 Å². The summed E-state index contributed by atoms with van der Waals surface area (Å²) in [6, 6.07) is 14.5. The molecule has 0 N–H and O–H groups in total. The number of carbonyl (C=O) groups is 1. The smallest absolute Gasteiger partial charge is 0.236 e. The van der Waals surface area contributed by atoms with E-state index in [-0.39, 0.29) is 11.7 Å². The number of para-hydroxylation sites is 1. The molecule has 1 amide bonds. The minimum atomic E-state index is -0.197. The highest BCUT2D eigenvalue weighted by Gasteiger charge is 2.22. The average Bonchev–Trinajstić information content (AvgIpc) is 2.70. The molecule has 7 heteroatoms. The highest BCUT2D eigenvalue weighted by atomic mass is 79.9. The molecule has 0 aliphatic carbocycles. The fourth-order valence-electron chi connectivity index (χ4n) is 3.12. The largest absolute Gasteiger partial charge is 0.492 e. The third-order valence-electron chi connectivity index (χ3n) is 4.86. The van der Waals surface area contributed by atoms with Gasteiger partial charge in [-0.05, 0) is 36.4 Å². The van der Waals surface area contributed by atoms with Gasteiger partial charge in [0.15, 0.2) is 0 Å². The molecule has 150 valence electrons. The summed E-state index contributed by atoms with van der Waals surface area (Å²) in [5.41, 5.74) is 0.635. The summed E-state index contributed by atoms with van der Waals surface area (Å²) in [4.78, 5) is 18.3. The summed E-state index contributed by atoms with van der Waals surface area (Å²) in [5, 5.41) is 0. The number of carbonyl (C=O) groups excluding carboxylic acids is 1. The Kier molecular flexibility index (Phi) is 7.28.